The fourth-order valence-electron chi connectivity index (χ4n) is 1.27. The van der Waals surface area contributed by atoms with Crippen LogP contribution in [-0.4, -0.2) is 11.9 Å². The van der Waals surface area contributed by atoms with Crippen LogP contribution >= 0.6 is 11.6 Å². The van der Waals surface area contributed by atoms with E-state index in [0.29, 0.717) is 18.6 Å². The summed E-state index contributed by atoms with van der Waals surface area (Å²) in [6.07, 6.45) is 0.813. The maximum atomic E-state index is 12.8. The fourth-order valence-corrected chi connectivity index (χ4v) is 1.44. The van der Waals surface area contributed by atoms with E-state index in [1.54, 1.807) is 0 Å². The third-order valence-electron chi connectivity index (χ3n) is 2.10. The Morgan fingerprint density at radius 1 is 1.43 bits per heavy atom. The van der Waals surface area contributed by atoms with E-state index in [9.17, 15) is 9.18 Å². The monoisotopic (exact) mass is 214 g/mol. The van der Waals surface area contributed by atoms with Gasteiger partial charge in [-0.15, -0.1) is 0 Å². The molecule has 0 spiro atoms. The number of ether oxygens (including phenoxy) is 1. The van der Waals surface area contributed by atoms with E-state index in [1.165, 1.54) is 18.2 Å². The smallest absolute Gasteiger partial charge is 0.142 e. The Labute approximate surface area is 85.6 Å². The molecule has 0 bridgehead atoms. The number of carbonyl (C=O) groups is 1. The summed E-state index contributed by atoms with van der Waals surface area (Å²) in [6, 6.07) is 4.17. The summed E-state index contributed by atoms with van der Waals surface area (Å²) in [5.74, 6) is 0.237. The average molecular weight is 215 g/mol. The summed E-state index contributed by atoms with van der Waals surface area (Å²) in [4.78, 5) is 10.7. The van der Waals surface area contributed by atoms with Gasteiger partial charge in [-0.1, -0.05) is 11.6 Å². The van der Waals surface area contributed by atoms with Gasteiger partial charge in [0.25, 0.3) is 0 Å². The number of halogens is 2. The van der Waals surface area contributed by atoms with Crippen molar-refractivity contribution in [2.45, 2.75) is 18.9 Å². The fraction of sp³-hybridized carbons (Fsp3) is 0.300. The van der Waals surface area contributed by atoms with Crippen LogP contribution in [0.25, 0.3) is 0 Å². The molecule has 14 heavy (non-hydrogen) atoms. The van der Waals surface area contributed by atoms with Crippen LogP contribution in [0.5, 0.6) is 5.75 Å². The molecule has 2 nitrogen and oxygen atoms in total. The second kappa shape index (κ2) is 3.58. The first-order valence-electron chi connectivity index (χ1n) is 4.28. The molecule has 2 rings (SSSR count). The SMILES string of the molecule is O=C1CC(Oc2ccc(F)c(Cl)c2)C1. The summed E-state index contributed by atoms with van der Waals surface area (Å²) < 4.78 is 18.1. The first-order chi connectivity index (χ1) is 6.65. The van der Waals surface area contributed by atoms with Gasteiger partial charge in [0.1, 0.15) is 23.5 Å². The Hall–Kier alpha value is -1.09. The van der Waals surface area contributed by atoms with Gasteiger partial charge in [-0.2, -0.15) is 0 Å². The summed E-state index contributed by atoms with van der Waals surface area (Å²) in [5, 5.41) is 0.0353. The molecule has 1 saturated carbocycles. The van der Waals surface area contributed by atoms with Crippen molar-refractivity contribution >= 4 is 17.4 Å². The van der Waals surface area contributed by atoms with Gasteiger partial charge in [0.15, 0.2) is 0 Å². The van der Waals surface area contributed by atoms with Crippen molar-refractivity contribution in [3.8, 4) is 5.75 Å². The predicted octanol–water partition coefficient (Wildman–Crippen LogP) is 2.59. The molecule has 0 N–H and O–H groups in total. The van der Waals surface area contributed by atoms with Crippen molar-refractivity contribution in [3.63, 3.8) is 0 Å². The lowest BCUT2D eigenvalue weighted by Gasteiger charge is -2.25. The molecule has 0 unspecified atom stereocenters. The summed E-state index contributed by atoms with van der Waals surface area (Å²) in [5.41, 5.74) is 0. The number of ketones is 1. The molecule has 0 heterocycles. The number of carbonyl (C=O) groups excluding carboxylic acids is 1. The molecule has 0 saturated heterocycles. The van der Waals surface area contributed by atoms with Gasteiger partial charge >= 0.3 is 0 Å². The average Bonchev–Trinajstić information content (AvgIpc) is 2.09. The number of hydrogen-bond donors (Lipinski definition) is 0. The van der Waals surface area contributed by atoms with Crippen LogP contribution in [-0.2, 0) is 4.79 Å². The highest BCUT2D eigenvalue weighted by molar-refractivity contribution is 6.30. The van der Waals surface area contributed by atoms with Gasteiger partial charge in [-0.05, 0) is 12.1 Å². The van der Waals surface area contributed by atoms with Gasteiger partial charge < -0.3 is 4.74 Å². The van der Waals surface area contributed by atoms with Crippen molar-refractivity contribution < 1.29 is 13.9 Å². The molecule has 0 aliphatic heterocycles. The Balaban J connectivity index is 2.03. The van der Waals surface area contributed by atoms with Crippen molar-refractivity contribution in [3.05, 3.63) is 29.0 Å². The molecule has 0 amide bonds. The molecule has 74 valence electrons. The molecule has 1 aromatic carbocycles. The quantitative estimate of drug-likeness (QED) is 0.757. The standard InChI is InChI=1S/C10H8ClFO2/c11-9-5-7(1-2-10(9)12)14-8-3-6(13)4-8/h1-2,5,8H,3-4H2. The largest absolute Gasteiger partial charge is 0.489 e. The third kappa shape index (κ3) is 1.87. The molecule has 1 aromatic rings. The Kier molecular flexibility index (Phi) is 2.42. The normalized spacial score (nSPS) is 16.6. The zero-order valence-electron chi connectivity index (χ0n) is 7.30. The van der Waals surface area contributed by atoms with Gasteiger partial charge in [0.05, 0.1) is 5.02 Å². The third-order valence-corrected chi connectivity index (χ3v) is 2.39. The second-order valence-corrected chi connectivity index (χ2v) is 3.67. The van der Waals surface area contributed by atoms with Crippen molar-refractivity contribution in [2.75, 3.05) is 0 Å². The van der Waals surface area contributed by atoms with E-state index >= 15 is 0 Å². The van der Waals surface area contributed by atoms with Crippen LogP contribution < -0.4 is 4.74 Å². The lowest BCUT2D eigenvalue weighted by Crippen LogP contribution is -2.33. The lowest BCUT2D eigenvalue weighted by atomic mass is 9.94. The Bertz CT molecular complexity index is 370. The molecular weight excluding hydrogens is 207 g/mol. The van der Waals surface area contributed by atoms with Crippen LogP contribution in [0.4, 0.5) is 4.39 Å². The van der Waals surface area contributed by atoms with E-state index < -0.39 is 5.82 Å². The summed E-state index contributed by atoms with van der Waals surface area (Å²) >= 11 is 5.57. The molecule has 0 radical (unpaired) electrons. The van der Waals surface area contributed by atoms with Gasteiger partial charge in [-0.3, -0.25) is 4.79 Å². The lowest BCUT2D eigenvalue weighted by molar-refractivity contribution is -0.129. The maximum Gasteiger partial charge on any atom is 0.142 e. The molecule has 1 fully saturated rings. The van der Waals surface area contributed by atoms with E-state index in [2.05, 4.69) is 0 Å². The van der Waals surface area contributed by atoms with Crippen LogP contribution in [0, 0.1) is 5.82 Å². The molecule has 0 aromatic heterocycles. The summed E-state index contributed by atoms with van der Waals surface area (Å²) in [7, 11) is 0. The van der Waals surface area contributed by atoms with Crippen LogP contribution in [0.2, 0.25) is 5.02 Å². The van der Waals surface area contributed by atoms with Gasteiger partial charge in [-0.25, -0.2) is 4.39 Å². The first-order valence-corrected chi connectivity index (χ1v) is 4.66. The van der Waals surface area contributed by atoms with Gasteiger partial charge in [0.2, 0.25) is 0 Å². The molecule has 4 heteroatoms. The van der Waals surface area contributed by atoms with Crippen molar-refractivity contribution in [1.82, 2.24) is 0 Å². The molecule has 1 aliphatic carbocycles. The minimum atomic E-state index is -0.469. The van der Waals surface area contributed by atoms with Gasteiger partial charge in [0, 0.05) is 18.9 Å². The number of Topliss-reactive ketones (excluding diaryl/α,β-unsaturated/α-hetero) is 1. The maximum absolute atomic E-state index is 12.8. The topological polar surface area (TPSA) is 26.3 Å². The Morgan fingerprint density at radius 3 is 2.71 bits per heavy atom. The zero-order valence-corrected chi connectivity index (χ0v) is 8.05. The predicted molar refractivity (Wildman–Crippen MR) is 50.1 cm³/mol. The highest BCUT2D eigenvalue weighted by Gasteiger charge is 2.28. The highest BCUT2D eigenvalue weighted by Crippen LogP contribution is 2.26. The highest BCUT2D eigenvalue weighted by atomic mass is 35.5. The Morgan fingerprint density at radius 2 is 2.14 bits per heavy atom. The second-order valence-electron chi connectivity index (χ2n) is 3.26. The van der Waals surface area contributed by atoms with E-state index in [4.69, 9.17) is 16.3 Å². The first kappa shape index (κ1) is 9.46. The molecule has 0 atom stereocenters. The van der Waals surface area contributed by atoms with Crippen LogP contribution in [0.3, 0.4) is 0 Å². The van der Waals surface area contributed by atoms with Crippen LogP contribution in [0.1, 0.15) is 12.8 Å². The van der Waals surface area contributed by atoms with Crippen molar-refractivity contribution in [2.24, 2.45) is 0 Å². The van der Waals surface area contributed by atoms with E-state index in [1.807, 2.05) is 0 Å². The van der Waals surface area contributed by atoms with Crippen molar-refractivity contribution in [1.29, 1.82) is 0 Å². The minimum Gasteiger partial charge on any atom is -0.489 e. The van der Waals surface area contributed by atoms with E-state index in [0.717, 1.165) is 0 Å². The number of benzene rings is 1. The number of hydrogen-bond acceptors (Lipinski definition) is 2. The van der Waals surface area contributed by atoms with Crippen LogP contribution in [0.15, 0.2) is 18.2 Å². The zero-order chi connectivity index (χ0) is 10.1. The van der Waals surface area contributed by atoms with E-state index in [-0.39, 0.29) is 16.9 Å². The number of rotatable bonds is 2. The molecular formula is C10H8ClFO2. The minimum absolute atomic E-state index is 0.0353. The summed E-state index contributed by atoms with van der Waals surface area (Å²) in [6.45, 7) is 0. The molecule has 1 aliphatic rings.